The zero-order chi connectivity index (χ0) is 7.02. The second kappa shape index (κ2) is 1.62. The Morgan fingerprint density at radius 3 is 2.25 bits per heavy atom. The monoisotopic (exact) mass is 111 g/mol. The Morgan fingerprint density at radius 2 is 2.12 bits per heavy atom. The number of aryl methyl sites for hydroxylation is 1. The van der Waals surface area contributed by atoms with Gasteiger partial charge in [0.25, 0.3) is 0 Å². The lowest BCUT2D eigenvalue weighted by Crippen LogP contribution is -1.73. The molecule has 0 amide bonds. The zero-order valence-corrected chi connectivity index (χ0v) is 5.39. The van der Waals surface area contributed by atoms with Gasteiger partial charge in [-0.1, -0.05) is 0 Å². The Labute approximate surface area is 50.4 Å². The third kappa shape index (κ3) is 0.619. The van der Waals surface area contributed by atoms with Crippen molar-refractivity contribution >= 4 is 0 Å². The van der Waals surface area contributed by atoms with Gasteiger partial charge >= 0.3 is 0 Å². The van der Waals surface area contributed by atoms with Crippen molar-refractivity contribution in [2.24, 2.45) is 0 Å². The molecule has 2 heteroatoms. The van der Waals surface area contributed by atoms with Crippen molar-refractivity contribution in [2.45, 2.75) is 20.8 Å². The number of aromatic amines is 1. The smallest absolute Gasteiger partial charge is 0.190 e. The highest BCUT2D eigenvalue weighted by Crippen LogP contribution is 2.04. The van der Waals surface area contributed by atoms with Gasteiger partial charge in [0.15, 0.2) is 1.41 Å². The molecule has 1 aromatic heterocycles. The van der Waals surface area contributed by atoms with Crippen molar-refractivity contribution < 1.29 is 1.41 Å². The summed E-state index contributed by atoms with van der Waals surface area (Å²) in [5, 5.41) is 5.05. The molecule has 2 nitrogen and oxygen atoms in total. The topological polar surface area (TPSA) is 28.7 Å². The SMILES string of the molecule is [2H]n1nc(C)c(C)c1C. The number of nitrogens with one attached hydrogen (secondary N) is 1. The molecule has 0 saturated carbocycles. The number of nitrogens with zero attached hydrogens (tertiary/aromatic N) is 1. The van der Waals surface area contributed by atoms with Crippen molar-refractivity contribution in [3.8, 4) is 0 Å². The number of hydrogen-bond acceptors (Lipinski definition) is 1. The summed E-state index contributed by atoms with van der Waals surface area (Å²) < 4.78 is 7.19. The summed E-state index contributed by atoms with van der Waals surface area (Å²) in [6.07, 6.45) is 0. The summed E-state index contributed by atoms with van der Waals surface area (Å²) >= 11 is 0. The highest BCUT2D eigenvalue weighted by atomic mass is 15.1. The van der Waals surface area contributed by atoms with Crippen LogP contribution in [0.25, 0.3) is 0 Å². The molecule has 1 aromatic rings. The summed E-state index contributed by atoms with van der Waals surface area (Å²) in [5.74, 6) is 0. The van der Waals surface area contributed by atoms with Crippen LogP contribution in [-0.2, 0) is 0 Å². The highest BCUT2D eigenvalue weighted by molar-refractivity contribution is 5.20. The minimum absolute atomic E-state index is 0.924. The lowest BCUT2D eigenvalue weighted by Gasteiger charge is -1.83. The first-order valence-corrected chi connectivity index (χ1v) is 2.65. The number of rotatable bonds is 0. The van der Waals surface area contributed by atoms with E-state index in [1.54, 1.807) is 0 Å². The second-order valence-corrected chi connectivity index (χ2v) is 2.00. The van der Waals surface area contributed by atoms with E-state index in [1.807, 2.05) is 20.8 Å². The molecular weight excluding hydrogens is 100 g/mol. The predicted molar refractivity (Wildman–Crippen MR) is 32.8 cm³/mol. The maximum absolute atomic E-state index is 7.19. The molecule has 0 aliphatic heterocycles. The van der Waals surface area contributed by atoms with Gasteiger partial charge in [-0.15, -0.1) is 0 Å². The molecule has 44 valence electrons. The first kappa shape index (κ1) is 4.13. The van der Waals surface area contributed by atoms with E-state index in [9.17, 15) is 0 Å². The Bertz CT molecular complexity index is 205. The molecule has 0 atom stereocenters. The van der Waals surface area contributed by atoms with Crippen LogP contribution in [0, 0.1) is 20.8 Å². The summed E-state index contributed by atoms with van der Waals surface area (Å²) in [5.41, 5.74) is 2.99. The van der Waals surface area contributed by atoms with Gasteiger partial charge < -0.3 is 0 Å². The van der Waals surface area contributed by atoms with Gasteiger partial charge in [0.1, 0.15) is 0 Å². The Morgan fingerprint density at radius 1 is 1.50 bits per heavy atom. The molecule has 1 heterocycles. The van der Waals surface area contributed by atoms with Gasteiger partial charge in [0, 0.05) is 5.69 Å². The minimum Gasteiger partial charge on any atom is -0.282 e. The van der Waals surface area contributed by atoms with Crippen LogP contribution in [0.2, 0.25) is 1.41 Å². The van der Waals surface area contributed by atoms with Crippen LogP contribution in [0.15, 0.2) is 0 Å². The highest BCUT2D eigenvalue weighted by Gasteiger charge is 1.96. The quantitative estimate of drug-likeness (QED) is 0.537. The van der Waals surface area contributed by atoms with Gasteiger partial charge in [-0.2, -0.15) is 5.10 Å². The van der Waals surface area contributed by atoms with E-state index < -0.39 is 0 Å². The zero-order valence-electron chi connectivity index (χ0n) is 6.39. The fraction of sp³-hybridized carbons (Fsp3) is 0.500. The van der Waals surface area contributed by atoms with Crippen molar-refractivity contribution in [3.63, 3.8) is 0 Å². The maximum Gasteiger partial charge on any atom is 0.190 e. The molecule has 0 saturated heterocycles. The van der Waals surface area contributed by atoms with E-state index in [-0.39, 0.29) is 0 Å². The van der Waals surface area contributed by atoms with Crippen LogP contribution in [-0.4, -0.2) is 10.2 Å². The molecule has 0 aliphatic rings. The molecular formula is C6H10N2. The van der Waals surface area contributed by atoms with Crippen LogP contribution in [0.4, 0.5) is 0 Å². The average molecular weight is 111 g/mol. The molecule has 0 spiro atoms. The van der Waals surface area contributed by atoms with Gasteiger partial charge in [-0.05, 0) is 26.3 Å². The fourth-order valence-corrected chi connectivity index (χ4v) is 0.562. The van der Waals surface area contributed by atoms with Crippen molar-refractivity contribution in [2.75, 3.05) is 0 Å². The lowest BCUT2D eigenvalue weighted by atomic mass is 10.2. The third-order valence-corrected chi connectivity index (χ3v) is 1.44. The maximum atomic E-state index is 7.19. The summed E-state index contributed by atoms with van der Waals surface area (Å²) in [4.78, 5) is 0. The van der Waals surface area contributed by atoms with Gasteiger partial charge in [0.2, 0.25) is 0 Å². The van der Waals surface area contributed by atoms with Crippen LogP contribution < -0.4 is 0 Å². The van der Waals surface area contributed by atoms with E-state index in [1.165, 1.54) is 0 Å². The number of aromatic nitrogens is 2. The first-order valence-electron chi connectivity index (χ1n) is 3.09. The largest absolute Gasteiger partial charge is 0.282 e. The van der Waals surface area contributed by atoms with E-state index >= 15 is 0 Å². The number of hydrogen-bond donors (Lipinski definition) is 1. The van der Waals surface area contributed by atoms with Crippen LogP contribution in [0.1, 0.15) is 17.0 Å². The molecule has 0 aromatic carbocycles. The van der Waals surface area contributed by atoms with Crippen molar-refractivity contribution in [3.05, 3.63) is 17.0 Å². The lowest BCUT2D eigenvalue weighted by molar-refractivity contribution is 1.02. The Hall–Kier alpha value is -0.790. The number of H-pyrrole nitrogens is 1. The summed E-state index contributed by atoms with van der Waals surface area (Å²) in [7, 11) is 0. The minimum atomic E-state index is 0.924. The van der Waals surface area contributed by atoms with Gasteiger partial charge in [0.05, 0.1) is 5.69 Å². The summed E-state index contributed by atoms with van der Waals surface area (Å²) in [6, 6.07) is 0. The first-order chi connectivity index (χ1) is 4.13. The molecule has 1 rings (SSSR count). The molecule has 0 fully saturated rings. The average Bonchev–Trinajstić information content (AvgIpc) is 1.98. The molecule has 0 aliphatic carbocycles. The van der Waals surface area contributed by atoms with Crippen molar-refractivity contribution in [1.29, 1.82) is 0 Å². The summed E-state index contributed by atoms with van der Waals surface area (Å²) in [6.45, 7) is 5.78. The van der Waals surface area contributed by atoms with E-state index in [2.05, 4.69) is 5.10 Å². The van der Waals surface area contributed by atoms with E-state index in [0.29, 0.717) is 0 Å². The van der Waals surface area contributed by atoms with Crippen LogP contribution in [0.3, 0.4) is 0 Å². The van der Waals surface area contributed by atoms with Gasteiger partial charge in [-0.25, -0.2) is 0 Å². The van der Waals surface area contributed by atoms with E-state index in [0.717, 1.165) is 22.0 Å². The van der Waals surface area contributed by atoms with Gasteiger partial charge in [-0.3, -0.25) is 5.09 Å². The molecule has 0 bridgehead atoms. The predicted octanol–water partition coefficient (Wildman–Crippen LogP) is 1.33. The second-order valence-electron chi connectivity index (χ2n) is 2.00. The van der Waals surface area contributed by atoms with Crippen LogP contribution in [0.5, 0.6) is 0 Å². The van der Waals surface area contributed by atoms with Crippen molar-refractivity contribution in [1.82, 2.24) is 10.2 Å². The standard InChI is InChI=1S/C6H10N2/c1-4-5(2)7-8-6(4)3/h1-3H3,(H,7,8)/i/hD. The molecule has 1 N–H and O–H groups in total. The molecule has 0 radical (unpaired) electrons. The van der Waals surface area contributed by atoms with Crippen LogP contribution >= 0.6 is 0 Å². The fourth-order valence-electron chi connectivity index (χ4n) is 0.562. The normalized spacial score (nSPS) is 11.6. The van der Waals surface area contributed by atoms with E-state index in [4.69, 9.17) is 1.41 Å². The third-order valence-electron chi connectivity index (χ3n) is 1.44. The Kier molecular flexibility index (Phi) is 0.834. The molecule has 8 heavy (non-hydrogen) atoms. The Balaban J connectivity index is 3.29. The molecule has 0 unspecified atom stereocenters.